The predicted octanol–water partition coefficient (Wildman–Crippen LogP) is 5.72. The summed E-state index contributed by atoms with van der Waals surface area (Å²) < 4.78 is 38.1. The van der Waals surface area contributed by atoms with Gasteiger partial charge in [0, 0.05) is 54.1 Å². The van der Waals surface area contributed by atoms with E-state index < -0.39 is 11.6 Å². The molecule has 1 aliphatic rings. The summed E-state index contributed by atoms with van der Waals surface area (Å²) in [7, 11) is 0. The van der Waals surface area contributed by atoms with Gasteiger partial charge in [0.25, 0.3) is 0 Å². The lowest BCUT2D eigenvalue weighted by Crippen LogP contribution is -2.44. The fourth-order valence-corrected chi connectivity index (χ4v) is 4.65. The van der Waals surface area contributed by atoms with Crippen molar-refractivity contribution in [1.82, 2.24) is 10.3 Å². The summed E-state index contributed by atoms with van der Waals surface area (Å²) in [4.78, 5) is 16.7. The number of aromatic nitrogens is 1. The molecule has 1 N–H and O–H groups in total. The van der Waals surface area contributed by atoms with E-state index >= 15 is 0 Å². The highest BCUT2D eigenvalue weighted by Gasteiger charge is 2.36. The summed E-state index contributed by atoms with van der Waals surface area (Å²) in [6, 6.07) is 8.63. The zero-order valence-electron chi connectivity index (χ0n) is 17.7. The number of carbonyl (C=O) groups excluding carboxylic acids is 1. The zero-order valence-corrected chi connectivity index (χ0v) is 19.2. The third kappa shape index (κ3) is 5.54. The van der Waals surface area contributed by atoms with Crippen LogP contribution in [0.25, 0.3) is 11.3 Å². The first kappa shape index (κ1) is 23.7. The Morgan fingerprint density at radius 2 is 1.91 bits per heavy atom. The van der Waals surface area contributed by atoms with E-state index in [4.69, 9.17) is 32.4 Å². The van der Waals surface area contributed by atoms with Crippen LogP contribution in [-0.2, 0) is 21.4 Å². The zero-order chi connectivity index (χ0) is 23.4. The second-order valence-electron chi connectivity index (χ2n) is 8.04. The molecule has 1 amide bonds. The van der Waals surface area contributed by atoms with Crippen LogP contribution in [0.1, 0.15) is 30.7 Å². The van der Waals surface area contributed by atoms with Gasteiger partial charge in [0.1, 0.15) is 11.6 Å². The summed E-state index contributed by atoms with van der Waals surface area (Å²) in [5.41, 5.74) is 0.711. The molecule has 0 radical (unpaired) electrons. The van der Waals surface area contributed by atoms with Crippen molar-refractivity contribution in [3.05, 3.63) is 75.7 Å². The van der Waals surface area contributed by atoms with Crippen LogP contribution in [0.5, 0.6) is 0 Å². The molecule has 1 aliphatic heterocycles. The Balaban J connectivity index is 1.38. The number of aryl methyl sites for hydroxylation is 1. The quantitative estimate of drug-likeness (QED) is 0.455. The minimum Gasteiger partial charge on any atom is -0.441 e. The second-order valence-corrected chi connectivity index (χ2v) is 8.88. The molecule has 0 unspecified atom stereocenters. The van der Waals surface area contributed by atoms with Gasteiger partial charge >= 0.3 is 0 Å². The van der Waals surface area contributed by atoms with Crippen molar-refractivity contribution in [3.8, 4) is 11.3 Å². The predicted molar refractivity (Wildman–Crippen MR) is 121 cm³/mol. The first-order valence-electron chi connectivity index (χ1n) is 10.6. The van der Waals surface area contributed by atoms with Crippen LogP contribution in [0.2, 0.25) is 10.0 Å². The van der Waals surface area contributed by atoms with Crippen molar-refractivity contribution in [1.29, 1.82) is 0 Å². The molecule has 0 atom stereocenters. The van der Waals surface area contributed by atoms with Gasteiger partial charge < -0.3 is 14.5 Å². The van der Waals surface area contributed by atoms with Gasteiger partial charge in [-0.05, 0) is 42.7 Å². The third-order valence-corrected chi connectivity index (χ3v) is 6.44. The Labute approximate surface area is 200 Å². The lowest BCUT2D eigenvalue weighted by atomic mass is 9.74. The van der Waals surface area contributed by atoms with Crippen LogP contribution in [0.15, 0.2) is 47.0 Å². The smallest absolute Gasteiger partial charge is 0.220 e. The van der Waals surface area contributed by atoms with E-state index in [1.807, 2.05) is 6.07 Å². The number of benzene rings is 2. The molecule has 1 saturated heterocycles. The van der Waals surface area contributed by atoms with Gasteiger partial charge in [-0.2, -0.15) is 0 Å². The largest absolute Gasteiger partial charge is 0.441 e. The molecular weight excluding hydrogens is 473 g/mol. The number of hydrogen-bond donors (Lipinski definition) is 1. The molecule has 3 aromatic rings. The Morgan fingerprint density at radius 3 is 2.64 bits per heavy atom. The van der Waals surface area contributed by atoms with Crippen molar-refractivity contribution < 1.29 is 22.7 Å². The lowest BCUT2D eigenvalue weighted by Gasteiger charge is -2.38. The van der Waals surface area contributed by atoms with Gasteiger partial charge in [-0.15, -0.1) is 0 Å². The highest BCUT2D eigenvalue weighted by atomic mass is 35.5. The van der Waals surface area contributed by atoms with Gasteiger partial charge in [-0.1, -0.05) is 29.3 Å². The van der Waals surface area contributed by atoms with E-state index in [-0.39, 0.29) is 35.5 Å². The SMILES string of the molecule is O=C(CCc1ncc(-c2ccc(F)cc2F)o1)NCC1(c2ccc(Cl)cc2Cl)CCOCC1. The van der Waals surface area contributed by atoms with Gasteiger partial charge in [0.2, 0.25) is 5.91 Å². The molecule has 0 spiro atoms. The van der Waals surface area contributed by atoms with E-state index in [2.05, 4.69) is 10.3 Å². The number of oxazole rings is 1. The maximum Gasteiger partial charge on any atom is 0.220 e. The number of nitrogens with zero attached hydrogens (tertiary/aromatic N) is 1. The van der Waals surface area contributed by atoms with E-state index in [9.17, 15) is 13.6 Å². The minimum atomic E-state index is -0.738. The maximum absolute atomic E-state index is 13.9. The molecule has 1 fully saturated rings. The minimum absolute atomic E-state index is 0.112. The average molecular weight is 495 g/mol. The molecule has 2 heterocycles. The van der Waals surface area contributed by atoms with Crippen molar-refractivity contribution >= 4 is 29.1 Å². The summed E-state index contributed by atoms with van der Waals surface area (Å²) in [6.45, 7) is 1.57. The lowest BCUT2D eigenvalue weighted by molar-refractivity contribution is -0.121. The molecule has 5 nitrogen and oxygen atoms in total. The molecular formula is C24H22Cl2F2N2O3. The fraction of sp³-hybridized carbons (Fsp3) is 0.333. The number of rotatable bonds is 7. The summed E-state index contributed by atoms with van der Waals surface area (Å²) >= 11 is 12.5. The molecule has 0 bridgehead atoms. The third-order valence-electron chi connectivity index (χ3n) is 5.89. The number of halogens is 4. The second kappa shape index (κ2) is 10.2. The van der Waals surface area contributed by atoms with Crippen LogP contribution in [0, 0.1) is 11.6 Å². The fourth-order valence-electron chi connectivity index (χ4n) is 4.04. The van der Waals surface area contributed by atoms with Gasteiger partial charge in [0.15, 0.2) is 11.7 Å². The number of amides is 1. The highest BCUT2D eigenvalue weighted by Crippen LogP contribution is 2.39. The first-order valence-corrected chi connectivity index (χ1v) is 11.3. The van der Waals surface area contributed by atoms with Crippen molar-refractivity contribution in [2.45, 2.75) is 31.1 Å². The molecule has 2 aromatic carbocycles. The van der Waals surface area contributed by atoms with Crippen LogP contribution < -0.4 is 5.32 Å². The van der Waals surface area contributed by atoms with Crippen LogP contribution >= 0.6 is 23.2 Å². The Hall–Kier alpha value is -2.48. The number of hydrogen-bond acceptors (Lipinski definition) is 4. The van der Waals surface area contributed by atoms with E-state index in [0.717, 1.165) is 30.5 Å². The molecule has 1 aromatic heterocycles. The topological polar surface area (TPSA) is 64.4 Å². The normalized spacial score (nSPS) is 15.4. The first-order chi connectivity index (χ1) is 15.9. The monoisotopic (exact) mass is 494 g/mol. The van der Waals surface area contributed by atoms with Crippen molar-refractivity contribution in [3.63, 3.8) is 0 Å². The summed E-state index contributed by atoms with van der Waals surface area (Å²) in [5.74, 6) is -1.10. The number of ether oxygens (including phenoxy) is 1. The van der Waals surface area contributed by atoms with Crippen LogP contribution in [0.4, 0.5) is 8.78 Å². The van der Waals surface area contributed by atoms with E-state index in [1.165, 1.54) is 12.3 Å². The van der Waals surface area contributed by atoms with Crippen LogP contribution in [-0.4, -0.2) is 30.6 Å². The molecule has 0 saturated carbocycles. The summed E-state index contributed by atoms with van der Waals surface area (Å²) in [5, 5.41) is 4.13. The Bertz CT molecular complexity index is 1150. The molecule has 33 heavy (non-hydrogen) atoms. The highest BCUT2D eigenvalue weighted by molar-refractivity contribution is 6.35. The van der Waals surface area contributed by atoms with E-state index in [1.54, 1.807) is 12.1 Å². The van der Waals surface area contributed by atoms with Gasteiger partial charge in [-0.3, -0.25) is 4.79 Å². The number of carbonyl (C=O) groups is 1. The van der Waals surface area contributed by atoms with Crippen molar-refractivity contribution in [2.75, 3.05) is 19.8 Å². The average Bonchev–Trinajstić information content (AvgIpc) is 3.25. The maximum atomic E-state index is 13.9. The molecule has 0 aliphatic carbocycles. The van der Waals surface area contributed by atoms with Crippen LogP contribution in [0.3, 0.4) is 0 Å². The van der Waals surface area contributed by atoms with Crippen molar-refractivity contribution in [2.24, 2.45) is 0 Å². The van der Waals surface area contributed by atoms with Gasteiger partial charge in [-0.25, -0.2) is 13.8 Å². The summed E-state index contributed by atoms with van der Waals surface area (Å²) in [6.07, 6.45) is 3.20. The van der Waals surface area contributed by atoms with E-state index in [0.29, 0.717) is 35.7 Å². The standard InChI is InChI=1S/C24H22Cl2F2N2O3/c25-15-1-4-18(19(26)11-15)24(7-9-32-10-8-24)14-30-22(31)5-6-23-29-13-21(33-23)17-3-2-16(27)12-20(17)28/h1-4,11-13H,5-10,14H2,(H,30,31). The Morgan fingerprint density at radius 1 is 1.12 bits per heavy atom. The number of nitrogens with one attached hydrogen (secondary N) is 1. The Kier molecular flexibility index (Phi) is 7.32. The molecule has 9 heteroatoms. The van der Waals surface area contributed by atoms with Gasteiger partial charge in [0.05, 0.1) is 11.8 Å². The molecule has 4 rings (SSSR count). The molecule has 174 valence electrons.